The van der Waals surface area contributed by atoms with Crippen LogP contribution in [0.4, 0.5) is 5.82 Å². The number of hydrogen-bond acceptors (Lipinski definition) is 3. The van der Waals surface area contributed by atoms with Gasteiger partial charge in [-0.15, -0.1) is 0 Å². The molecule has 1 N–H and O–H groups in total. The highest BCUT2D eigenvalue weighted by molar-refractivity contribution is 6.29. The first kappa shape index (κ1) is 15.2. The molecule has 0 aliphatic rings. The molecular weight excluding hydrogens is 246 g/mol. The number of nitrogens with zero attached hydrogens (tertiary/aromatic N) is 2. The first-order chi connectivity index (χ1) is 8.36. The molecule has 1 aromatic heterocycles. The van der Waals surface area contributed by atoms with E-state index >= 15 is 0 Å². The molecule has 1 aromatic rings. The molecule has 0 saturated heterocycles. The molecule has 0 spiro atoms. The van der Waals surface area contributed by atoms with Gasteiger partial charge in [0, 0.05) is 18.0 Å². The molecule has 3 nitrogen and oxygen atoms in total. The third kappa shape index (κ3) is 4.45. The lowest BCUT2D eigenvalue weighted by atomic mass is 9.96. The summed E-state index contributed by atoms with van der Waals surface area (Å²) in [5, 5.41) is 3.87. The maximum absolute atomic E-state index is 6.05. The standard InChI is InChI=1S/C14H24ClN3/c1-6-10(7-2)9-16-12-8-11(15)17-13(18-12)14(3,4)5/h8,10H,6-7,9H2,1-5H3,(H,16,17,18). The van der Waals surface area contributed by atoms with E-state index in [-0.39, 0.29) is 5.41 Å². The van der Waals surface area contributed by atoms with Crippen LogP contribution in [0, 0.1) is 5.92 Å². The van der Waals surface area contributed by atoms with Gasteiger partial charge in [0.2, 0.25) is 0 Å². The fraction of sp³-hybridized carbons (Fsp3) is 0.714. The summed E-state index contributed by atoms with van der Waals surface area (Å²) in [4.78, 5) is 8.83. The van der Waals surface area contributed by atoms with Gasteiger partial charge in [0.1, 0.15) is 16.8 Å². The van der Waals surface area contributed by atoms with Crippen molar-refractivity contribution in [2.75, 3.05) is 11.9 Å². The number of aromatic nitrogens is 2. The normalized spacial score (nSPS) is 11.9. The second kappa shape index (κ2) is 6.37. The molecule has 0 atom stereocenters. The lowest BCUT2D eigenvalue weighted by molar-refractivity contribution is 0.516. The maximum atomic E-state index is 6.05. The summed E-state index contributed by atoms with van der Waals surface area (Å²) >= 11 is 6.05. The number of anilines is 1. The van der Waals surface area contributed by atoms with Gasteiger partial charge in [-0.3, -0.25) is 0 Å². The number of hydrogen-bond donors (Lipinski definition) is 1. The predicted octanol–water partition coefficient (Wildman–Crippen LogP) is 4.28. The summed E-state index contributed by atoms with van der Waals surface area (Å²) < 4.78 is 0. The van der Waals surface area contributed by atoms with Crippen LogP contribution >= 0.6 is 11.6 Å². The van der Waals surface area contributed by atoms with Crippen LogP contribution in [0.15, 0.2) is 6.07 Å². The van der Waals surface area contributed by atoms with E-state index in [1.807, 2.05) is 0 Å². The van der Waals surface area contributed by atoms with Crippen LogP contribution in [-0.2, 0) is 5.41 Å². The van der Waals surface area contributed by atoms with Crippen LogP contribution in [0.25, 0.3) is 0 Å². The molecule has 0 saturated carbocycles. The molecular formula is C14H24ClN3. The van der Waals surface area contributed by atoms with Crippen molar-refractivity contribution in [2.45, 2.75) is 52.9 Å². The molecule has 1 rings (SSSR count). The second-order valence-corrected chi connectivity index (χ2v) is 6.10. The van der Waals surface area contributed by atoms with E-state index in [0.29, 0.717) is 11.1 Å². The molecule has 18 heavy (non-hydrogen) atoms. The SMILES string of the molecule is CCC(CC)CNc1cc(Cl)nc(C(C)(C)C)n1. The van der Waals surface area contributed by atoms with Crippen LogP contribution in [0.3, 0.4) is 0 Å². The summed E-state index contributed by atoms with van der Waals surface area (Å²) in [5.41, 5.74) is -0.0871. The molecule has 0 bridgehead atoms. The Kier molecular flexibility index (Phi) is 5.39. The Hall–Kier alpha value is -0.830. The number of halogens is 1. The smallest absolute Gasteiger partial charge is 0.137 e. The van der Waals surface area contributed by atoms with E-state index in [1.54, 1.807) is 6.07 Å². The summed E-state index contributed by atoms with van der Waals surface area (Å²) in [6.45, 7) is 11.6. The maximum Gasteiger partial charge on any atom is 0.137 e. The van der Waals surface area contributed by atoms with Crippen molar-refractivity contribution in [2.24, 2.45) is 5.92 Å². The molecule has 4 heteroatoms. The first-order valence-corrected chi connectivity index (χ1v) is 7.03. The van der Waals surface area contributed by atoms with Gasteiger partial charge < -0.3 is 5.32 Å². The lowest BCUT2D eigenvalue weighted by Gasteiger charge is -2.19. The Morgan fingerprint density at radius 1 is 1.22 bits per heavy atom. The average molecular weight is 270 g/mol. The topological polar surface area (TPSA) is 37.8 Å². The quantitative estimate of drug-likeness (QED) is 0.811. The lowest BCUT2D eigenvalue weighted by Crippen LogP contribution is -2.19. The number of nitrogens with one attached hydrogen (secondary N) is 1. The van der Waals surface area contributed by atoms with Crippen molar-refractivity contribution in [3.05, 3.63) is 17.0 Å². The average Bonchev–Trinajstić information content (AvgIpc) is 2.28. The molecule has 0 amide bonds. The molecule has 0 unspecified atom stereocenters. The van der Waals surface area contributed by atoms with E-state index in [4.69, 9.17) is 11.6 Å². The summed E-state index contributed by atoms with van der Waals surface area (Å²) in [5.74, 6) is 2.28. The Labute approximate surface area is 115 Å². The van der Waals surface area contributed by atoms with Crippen molar-refractivity contribution < 1.29 is 0 Å². The predicted molar refractivity (Wildman–Crippen MR) is 78.3 cm³/mol. The van der Waals surface area contributed by atoms with Crippen LogP contribution in [0.1, 0.15) is 53.3 Å². The van der Waals surface area contributed by atoms with Crippen molar-refractivity contribution in [1.29, 1.82) is 0 Å². The Morgan fingerprint density at radius 2 is 1.83 bits per heavy atom. The van der Waals surface area contributed by atoms with Crippen molar-refractivity contribution in [3.8, 4) is 0 Å². The summed E-state index contributed by atoms with van der Waals surface area (Å²) in [6.07, 6.45) is 2.35. The van der Waals surface area contributed by atoms with Gasteiger partial charge in [0.05, 0.1) is 0 Å². The van der Waals surface area contributed by atoms with Gasteiger partial charge in [0.25, 0.3) is 0 Å². The minimum atomic E-state index is -0.0871. The zero-order valence-corrected chi connectivity index (χ0v) is 12.8. The van der Waals surface area contributed by atoms with Gasteiger partial charge in [0.15, 0.2) is 0 Å². The van der Waals surface area contributed by atoms with E-state index in [2.05, 4.69) is 49.9 Å². The van der Waals surface area contributed by atoms with Crippen molar-refractivity contribution >= 4 is 17.4 Å². The van der Waals surface area contributed by atoms with E-state index < -0.39 is 0 Å². The molecule has 102 valence electrons. The van der Waals surface area contributed by atoms with Crippen LogP contribution in [0.2, 0.25) is 5.15 Å². The molecule has 0 radical (unpaired) electrons. The van der Waals surface area contributed by atoms with Gasteiger partial charge in [-0.25, -0.2) is 9.97 Å². The Morgan fingerprint density at radius 3 is 2.33 bits per heavy atom. The van der Waals surface area contributed by atoms with Gasteiger partial charge >= 0.3 is 0 Å². The third-order valence-corrected chi connectivity index (χ3v) is 3.29. The van der Waals surface area contributed by atoms with Crippen LogP contribution in [0.5, 0.6) is 0 Å². The molecule has 0 aliphatic carbocycles. The van der Waals surface area contributed by atoms with Gasteiger partial charge in [-0.1, -0.05) is 59.1 Å². The fourth-order valence-corrected chi connectivity index (χ4v) is 1.85. The van der Waals surface area contributed by atoms with Gasteiger partial charge in [-0.05, 0) is 5.92 Å². The van der Waals surface area contributed by atoms with Gasteiger partial charge in [-0.2, -0.15) is 0 Å². The largest absolute Gasteiger partial charge is 0.370 e. The molecule has 0 fully saturated rings. The van der Waals surface area contributed by atoms with E-state index in [0.717, 1.165) is 18.2 Å². The minimum Gasteiger partial charge on any atom is -0.370 e. The van der Waals surface area contributed by atoms with Crippen LogP contribution < -0.4 is 5.32 Å². The zero-order chi connectivity index (χ0) is 13.8. The number of rotatable bonds is 5. The van der Waals surface area contributed by atoms with E-state index in [1.165, 1.54) is 12.8 Å². The molecule has 1 heterocycles. The fourth-order valence-electron chi connectivity index (χ4n) is 1.67. The third-order valence-electron chi connectivity index (χ3n) is 3.09. The Bertz CT molecular complexity index is 381. The highest BCUT2D eigenvalue weighted by Crippen LogP contribution is 2.22. The Balaban J connectivity index is 2.81. The highest BCUT2D eigenvalue weighted by Gasteiger charge is 2.18. The minimum absolute atomic E-state index is 0.0871. The zero-order valence-electron chi connectivity index (χ0n) is 12.0. The van der Waals surface area contributed by atoms with Crippen LogP contribution in [-0.4, -0.2) is 16.5 Å². The first-order valence-electron chi connectivity index (χ1n) is 6.65. The summed E-state index contributed by atoms with van der Waals surface area (Å²) in [6, 6.07) is 1.79. The van der Waals surface area contributed by atoms with Crippen molar-refractivity contribution in [3.63, 3.8) is 0 Å². The van der Waals surface area contributed by atoms with Crippen molar-refractivity contribution in [1.82, 2.24) is 9.97 Å². The molecule has 0 aromatic carbocycles. The van der Waals surface area contributed by atoms with E-state index in [9.17, 15) is 0 Å². The highest BCUT2D eigenvalue weighted by atomic mass is 35.5. The second-order valence-electron chi connectivity index (χ2n) is 5.71. The summed E-state index contributed by atoms with van der Waals surface area (Å²) in [7, 11) is 0. The molecule has 0 aliphatic heterocycles. The monoisotopic (exact) mass is 269 g/mol.